The van der Waals surface area contributed by atoms with Gasteiger partial charge < -0.3 is 18.9 Å². The van der Waals surface area contributed by atoms with Crippen molar-refractivity contribution in [2.45, 2.75) is 64.2 Å². The molecular weight excluding hydrogens is 902 g/mol. The summed E-state index contributed by atoms with van der Waals surface area (Å²) in [5.74, 6) is -0.890. The van der Waals surface area contributed by atoms with Crippen molar-refractivity contribution in [1.82, 2.24) is 0 Å². The number of benzene rings is 6. The Balaban J connectivity index is 0.00000608. The average Bonchev–Trinajstić information content (AvgIpc) is 3.85. The largest absolute Gasteiger partial charge is 1.00 e. The predicted octanol–water partition coefficient (Wildman–Crippen LogP) is 8.29. The van der Waals surface area contributed by atoms with Gasteiger partial charge in [0.25, 0.3) is 0 Å². The average molecular weight is 956 g/mol. The van der Waals surface area contributed by atoms with Crippen LogP contribution in [0.4, 0.5) is 22.7 Å². The minimum absolute atomic E-state index is 0. The van der Waals surface area contributed by atoms with Crippen LogP contribution in [0.15, 0.2) is 180 Å². The van der Waals surface area contributed by atoms with Crippen LogP contribution in [0.2, 0.25) is 0 Å². The van der Waals surface area contributed by atoms with Crippen LogP contribution in [0.1, 0.15) is 64.5 Å². The van der Waals surface area contributed by atoms with E-state index in [0.717, 1.165) is 85.4 Å². The van der Waals surface area contributed by atoms with Gasteiger partial charge >= 0.3 is 51.4 Å². The third-order valence-corrected chi connectivity index (χ3v) is 15.0. The maximum Gasteiger partial charge on any atom is 1.00 e. The summed E-state index contributed by atoms with van der Waals surface area (Å²) in [6.45, 7) is 9.59. The van der Waals surface area contributed by atoms with Crippen LogP contribution in [-0.2, 0) is 31.1 Å². The molecule has 9 rings (SSSR count). The molecule has 6 aromatic rings. The molecule has 2 aliphatic heterocycles. The molecule has 1 aliphatic carbocycles. The van der Waals surface area contributed by atoms with E-state index < -0.39 is 42.6 Å². The van der Waals surface area contributed by atoms with Crippen LogP contribution in [-0.4, -0.2) is 60.8 Å². The van der Waals surface area contributed by atoms with Crippen molar-refractivity contribution in [3.8, 4) is 0 Å². The minimum Gasteiger partial charge on any atom is -0.748 e. The van der Waals surface area contributed by atoms with Gasteiger partial charge in [0, 0.05) is 70.4 Å². The summed E-state index contributed by atoms with van der Waals surface area (Å²) >= 11 is 0. The van der Waals surface area contributed by atoms with Crippen molar-refractivity contribution in [1.29, 1.82) is 0 Å². The van der Waals surface area contributed by atoms with Crippen LogP contribution >= 0.6 is 0 Å². The van der Waals surface area contributed by atoms with E-state index in [0.29, 0.717) is 13.1 Å². The molecular formula is C55H54KN3O6S2. The number of hydrogen-bond acceptors (Lipinski definition) is 8. The minimum atomic E-state index is -4.40. The Labute approximate surface area is 437 Å². The molecule has 2 heterocycles. The number of fused-ring (bicyclic) bond motifs is 6. The number of rotatable bonds is 14. The van der Waals surface area contributed by atoms with Gasteiger partial charge in [0.05, 0.1) is 31.3 Å². The van der Waals surface area contributed by atoms with Crippen LogP contribution in [0.3, 0.4) is 0 Å². The van der Waals surface area contributed by atoms with Gasteiger partial charge in [-0.3, -0.25) is 0 Å². The third kappa shape index (κ3) is 9.88. The van der Waals surface area contributed by atoms with Crippen molar-refractivity contribution >= 4 is 70.2 Å². The molecule has 0 spiro atoms. The second-order valence-electron chi connectivity index (χ2n) is 18.5. The van der Waals surface area contributed by atoms with Gasteiger partial charge in [-0.15, -0.1) is 0 Å². The van der Waals surface area contributed by atoms with Crippen LogP contribution in [0.25, 0.3) is 21.5 Å². The summed E-state index contributed by atoms with van der Waals surface area (Å²) in [6.07, 6.45) is 10.7. The van der Waals surface area contributed by atoms with Crippen molar-refractivity contribution in [2.24, 2.45) is 0 Å². The van der Waals surface area contributed by atoms with Crippen LogP contribution in [0, 0.1) is 0 Å². The molecule has 0 amide bonds. The number of para-hydroxylation sites is 2. The molecule has 0 saturated carbocycles. The van der Waals surface area contributed by atoms with Gasteiger partial charge in [-0.2, -0.15) is 4.58 Å². The van der Waals surface area contributed by atoms with E-state index in [1.54, 1.807) is 0 Å². The van der Waals surface area contributed by atoms with E-state index >= 15 is 0 Å². The molecule has 0 bridgehead atoms. The summed E-state index contributed by atoms with van der Waals surface area (Å²) in [5.41, 5.74) is 10.7. The Hall–Kier alpha value is -4.47. The first-order chi connectivity index (χ1) is 31.5. The Kier molecular flexibility index (Phi) is 14.2. The molecule has 0 radical (unpaired) electrons. The molecule has 0 atom stereocenters. The van der Waals surface area contributed by atoms with E-state index in [1.807, 2.05) is 60.7 Å². The summed E-state index contributed by atoms with van der Waals surface area (Å²) in [4.78, 5) is 4.52. The van der Waals surface area contributed by atoms with E-state index in [4.69, 9.17) is 0 Å². The number of anilines is 3. The molecule has 0 saturated heterocycles. The number of allylic oxidation sites excluding steroid dienone is 7. The smallest absolute Gasteiger partial charge is 0.748 e. The van der Waals surface area contributed by atoms with Crippen molar-refractivity contribution in [2.75, 3.05) is 34.4 Å². The van der Waals surface area contributed by atoms with Gasteiger partial charge in [0.1, 0.15) is 6.54 Å². The van der Waals surface area contributed by atoms with Crippen LogP contribution < -0.4 is 61.2 Å². The first-order valence-electron chi connectivity index (χ1n) is 22.6. The Morgan fingerprint density at radius 3 is 1.79 bits per heavy atom. The second-order valence-corrected chi connectivity index (χ2v) is 21.5. The fraction of sp³-hybridized carbons (Fsp3) is 0.255. The van der Waals surface area contributed by atoms with Crippen molar-refractivity contribution in [3.63, 3.8) is 0 Å². The second kappa shape index (κ2) is 19.5. The SMILES string of the molecule is CC1(C)C(=CC=C2CCC(C=CC3=[N+](CCCS(=O)(=O)[O-])c4ccc5ccccc5c4C3(C)C)=C2N(c2ccccc2)c2ccccc2)N(CCCS(=O)(=O)[O-])c2ccc3ccccc3c21.[K+]. The van der Waals surface area contributed by atoms with Gasteiger partial charge in [-0.25, -0.2) is 16.8 Å². The van der Waals surface area contributed by atoms with E-state index in [-0.39, 0.29) is 64.2 Å². The Morgan fingerprint density at radius 1 is 0.627 bits per heavy atom. The molecule has 9 nitrogen and oxygen atoms in total. The third-order valence-electron chi connectivity index (χ3n) is 13.5. The van der Waals surface area contributed by atoms with Gasteiger partial charge in [-0.05, 0) is 114 Å². The topological polar surface area (TPSA) is 124 Å². The number of nitrogens with zero attached hydrogens (tertiary/aromatic N) is 3. The molecule has 6 aromatic carbocycles. The standard InChI is InChI=1S/C55H55N3O6S2.K/c1-54(2)49(56(35-15-37-65(59,60)61)47-31-27-39-17-11-13-23-45(39)51(47)54)33-29-41-25-26-42(53(41)58(43-19-7-5-8-20-43)44-21-9-6-10-22-44)30-34-50-55(3,4)52-46-24-14-12-18-40(46)28-32-48(52)57(50)36-16-38-66(62,63)64;/h5-14,17-24,27-34H,15-16,25-26,35-38H2,1-4H3,(H-,59,60,61,62,63,64);/q;+1/p-1. The normalized spacial score (nSPS) is 17.9. The molecule has 0 N–H and O–H groups in total. The molecule has 0 unspecified atom stereocenters. The molecule has 0 aromatic heterocycles. The van der Waals surface area contributed by atoms with Crippen LogP contribution in [0.5, 0.6) is 0 Å². The predicted molar refractivity (Wildman–Crippen MR) is 266 cm³/mol. The maximum atomic E-state index is 11.8. The van der Waals surface area contributed by atoms with E-state index in [2.05, 4.69) is 139 Å². The zero-order chi connectivity index (χ0) is 46.4. The fourth-order valence-electron chi connectivity index (χ4n) is 10.6. The molecule has 0 fully saturated rings. The first kappa shape index (κ1) is 49.0. The van der Waals surface area contributed by atoms with Crippen molar-refractivity contribution in [3.05, 3.63) is 191 Å². The van der Waals surface area contributed by atoms with Gasteiger partial charge in [-0.1, -0.05) is 117 Å². The fourth-order valence-corrected chi connectivity index (χ4v) is 11.6. The van der Waals surface area contributed by atoms with E-state index in [9.17, 15) is 25.9 Å². The summed E-state index contributed by atoms with van der Waals surface area (Å²) < 4.78 is 73.2. The van der Waals surface area contributed by atoms with Gasteiger partial charge in [0.2, 0.25) is 5.69 Å². The van der Waals surface area contributed by atoms with E-state index in [1.165, 1.54) is 11.1 Å². The quantitative estimate of drug-likeness (QED) is 0.0608. The Morgan fingerprint density at radius 2 is 1.18 bits per heavy atom. The van der Waals surface area contributed by atoms with Crippen molar-refractivity contribution < 1.29 is 81.9 Å². The molecule has 67 heavy (non-hydrogen) atoms. The maximum absolute atomic E-state index is 11.8. The van der Waals surface area contributed by atoms with Gasteiger partial charge in [0.15, 0.2) is 5.71 Å². The molecule has 12 heteroatoms. The molecule has 338 valence electrons. The monoisotopic (exact) mass is 955 g/mol. The zero-order valence-corrected chi connectivity index (χ0v) is 43.5. The molecule has 3 aliphatic rings. The summed E-state index contributed by atoms with van der Waals surface area (Å²) in [6, 6.07) is 45.8. The number of hydrogen-bond donors (Lipinski definition) is 0. The summed E-state index contributed by atoms with van der Waals surface area (Å²) in [5, 5.41) is 4.52. The zero-order valence-electron chi connectivity index (χ0n) is 38.8. The first-order valence-corrected chi connectivity index (χ1v) is 25.8. The summed E-state index contributed by atoms with van der Waals surface area (Å²) in [7, 11) is -8.80. The Bertz CT molecular complexity index is 3230.